The maximum Gasteiger partial charge on any atom is 0.270 e. The average Bonchev–Trinajstić information content (AvgIpc) is 2.71. The highest BCUT2D eigenvalue weighted by molar-refractivity contribution is 5.88. The molecule has 1 aliphatic heterocycles. The number of alkyl halides is 2. The first-order valence-electron chi connectivity index (χ1n) is 10.6. The van der Waals surface area contributed by atoms with Gasteiger partial charge in [-0.05, 0) is 54.5 Å². The zero-order valence-electron chi connectivity index (χ0n) is 17.8. The van der Waals surface area contributed by atoms with Gasteiger partial charge in [0.2, 0.25) is 0 Å². The molecule has 2 aromatic carbocycles. The van der Waals surface area contributed by atoms with Gasteiger partial charge in [-0.2, -0.15) is 0 Å². The molecule has 0 bridgehead atoms. The molecule has 0 radical (unpaired) electrons. The zero-order valence-corrected chi connectivity index (χ0v) is 17.8. The van der Waals surface area contributed by atoms with Crippen LogP contribution in [0.2, 0.25) is 0 Å². The van der Waals surface area contributed by atoms with Crippen molar-refractivity contribution < 1.29 is 13.5 Å². The Bertz CT molecular complexity index is 919. The highest BCUT2D eigenvalue weighted by Crippen LogP contribution is 2.41. The van der Waals surface area contributed by atoms with Crippen LogP contribution in [-0.4, -0.2) is 0 Å². The summed E-state index contributed by atoms with van der Waals surface area (Å²) in [4.78, 5) is 0. The van der Waals surface area contributed by atoms with Gasteiger partial charge in [-0.25, -0.2) is 8.78 Å². The fourth-order valence-electron chi connectivity index (χ4n) is 4.01. The van der Waals surface area contributed by atoms with E-state index in [2.05, 4.69) is 32.9 Å². The van der Waals surface area contributed by atoms with Crippen molar-refractivity contribution in [2.45, 2.75) is 65.2 Å². The number of benzene rings is 2. The highest BCUT2D eigenvalue weighted by atomic mass is 19.3. The molecular formula is C26H30F2O. The van der Waals surface area contributed by atoms with Crippen LogP contribution < -0.4 is 4.74 Å². The third kappa shape index (κ3) is 4.60. The molecule has 154 valence electrons. The zero-order chi connectivity index (χ0) is 21.0. The van der Waals surface area contributed by atoms with Gasteiger partial charge in [0.05, 0.1) is 0 Å². The number of allylic oxidation sites excluding steroid dienone is 3. The van der Waals surface area contributed by atoms with Crippen LogP contribution in [0.5, 0.6) is 5.75 Å². The Morgan fingerprint density at radius 3 is 2.45 bits per heavy atom. The smallest absolute Gasteiger partial charge is 0.270 e. The number of ether oxygens (including phenoxy) is 1. The summed E-state index contributed by atoms with van der Waals surface area (Å²) in [6.07, 6.45) is 8.01. The number of para-hydroxylation sites is 1. The fourth-order valence-corrected chi connectivity index (χ4v) is 4.01. The van der Waals surface area contributed by atoms with Gasteiger partial charge in [0.1, 0.15) is 11.5 Å². The topological polar surface area (TPSA) is 9.23 Å². The molecule has 1 nitrogen and oxygen atoms in total. The summed E-state index contributed by atoms with van der Waals surface area (Å²) in [6.45, 7) is 7.32. The summed E-state index contributed by atoms with van der Waals surface area (Å²) >= 11 is 0. The van der Waals surface area contributed by atoms with E-state index in [0.29, 0.717) is 0 Å². The van der Waals surface area contributed by atoms with E-state index in [1.54, 1.807) is 6.07 Å². The van der Waals surface area contributed by atoms with Gasteiger partial charge in [0.15, 0.2) is 0 Å². The van der Waals surface area contributed by atoms with Crippen molar-refractivity contribution >= 4 is 11.3 Å². The summed E-state index contributed by atoms with van der Waals surface area (Å²) in [5, 5.41) is 0. The number of hydrogen-bond acceptors (Lipinski definition) is 1. The lowest BCUT2D eigenvalue weighted by Gasteiger charge is -2.26. The molecule has 0 saturated heterocycles. The molecule has 0 saturated carbocycles. The van der Waals surface area contributed by atoms with E-state index in [1.807, 2.05) is 30.3 Å². The van der Waals surface area contributed by atoms with Gasteiger partial charge in [0.25, 0.3) is 5.92 Å². The van der Waals surface area contributed by atoms with Crippen LogP contribution in [0, 0.1) is 0 Å². The second kappa shape index (κ2) is 8.94. The molecule has 1 heterocycles. The van der Waals surface area contributed by atoms with Crippen molar-refractivity contribution in [1.82, 2.24) is 0 Å². The first-order chi connectivity index (χ1) is 13.9. The Morgan fingerprint density at radius 2 is 1.79 bits per heavy atom. The summed E-state index contributed by atoms with van der Waals surface area (Å²) < 4.78 is 34.4. The number of fused-ring (bicyclic) bond motifs is 1. The maximum absolute atomic E-state index is 14.1. The normalized spacial score (nSPS) is 16.2. The maximum atomic E-state index is 14.1. The minimum absolute atomic E-state index is 0.0620. The Hall–Kier alpha value is -2.42. The van der Waals surface area contributed by atoms with Gasteiger partial charge in [-0.1, -0.05) is 63.6 Å². The van der Waals surface area contributed by atoms with Gasteiger partial charge in [-0.3, -0.25) is 0 Å². The predicted molar refractivity (Wildman–Crippen MR) is 117 cm³/mol. The van der Waals surface area contributed by atoms with Gasteiger partial charge < -0.3 is 4.74 Å². The van der Waals surface area contributed by atoms with Gasteiger partial charge in [-0.15, -0.1) is 0 Å². The van der Waals surface area contributed by atoms with E-state index < -0.39 is 5.92 Å². The summed E-state index contributed by atoms with van der Waals surface area (Å²) in [6, 6.07) is 13.0. The van der Waals surface area contributed by atoms with E-state index in [0.717, 1.165) is 66.4 Å². The van der Waals surface area contributed by atoms with Crippen molar-refractivity contribution in [2.75, 3.05) is 0 Å². The molecule has 2 aromatic rings. The molecule has 0 fully saturated rings. The van der Waals surface area contributed by atoms with Crippen LogP contribution in [-0.2, 0) is 5.92 Å². The monoisotopic (exact) mass is 396 g/mol. The van der Waals surface area contributed by atoms with Crippen molar-refractivity contribution in [3.63, 3.8) is 0 Å². The molecule has 0 amide bonds. The third-order valence-electron chi connectivity index (χ3n) is 5.52. The molecule has 3 heteroatoms. The lowest BCUT2D eigenvalue weighted by Crippen LogP contribution is -2.12. The van der Waals surface area contributed by atoms with E-state index in [-0.39, 0.29) is 11.5 Å². The SMILES string of the molecule is CC/C=C1/C=C(c2ccc(C(C)(F)F)cc2C(CC)CCC)Oc2ccccc21. The molecule has 1 aliphatic rings. The molecular weight excluding hydrogens is 366 g/mol. The Kier molecular flexibility index (Phi) is 6.56. The Labute approximate surface area is 173 Å². The summed E-state index contributed by atoms with van der Waals surface area (Å²) in [7, 11) is 0. The van der Waals surface area contributed by atoms with E-state index in [9.17, 15) is 8.78 Å². The van der Waals surface area contributed by atoms with Crippen LogP contribution in [0.3, 0.4) is 0 Å². The number of hydrogen-bond donors (Lipinski definition) is 0. The first-order valence-corrected chi connectivity index (χ1v) is 10.6. The van der Waals surface area contributed by atoms with E-state index in [1.165, 1.54) is 6.07 Å². The number of rotatable bonds is 7. The summed E-state index contributed by atoms with van der Waals surface area (Å²) in [5.41, 5.74) is 4.11. The van der Waals surface area contributed by atoms with Crippen LogP contribution >= 0.6 is 0 Å². The molecule has 29 heavy (non-hydrogen) atoms. The molecule has 0 spiro atoms. The molecule has 1 unspecified atom stereocenters. The van der Waals surface area contributed by atoms with Crippen molar-refractivity contribution in [3.05, 3.63) is 76.9 Å². The van der Waals surface area contributed by atoms with E-state index in [4.69, 9.17) is 4.74 Å². The predicted octanol–water partition coefficient (Wildman–Crippen LogP) is 8.32. The van der Waals surface area contributed by atoms with Crippen molar-refractivity contribution in [2.24, 2.45) is 0 Å². The standard InChI is InChI=1S/C26H30F2O/c1-5-10-18(7-3)23-17-20(26(4,27)28)14-15-22(23)25-16-19(11-6-2)21-12-8-9-13-24(21)29-25/h8-9,11-18H,5-7,10H2,1-4H3/b19-11-. The van der Waals surface area contributed by atoms with Crippen LogP contribution in [0.25, 0.3) is 11.3 Å². The highest BCUT2D eigenvalue weighted by Gasteiger charge is 2.28. The first kappa shape index (κ1) is 21.3. The number of halogens is 2. The second-order valence-electron chi connectivity index (χ2n) is 7.76. The summed E-state index contributed by atoms with van der Waals surface area (Å²) in [5.74, 6) is -1.10. The van der Waals surface area contributed by atoms with Crippen molar-refractivity contribution in [3.8, 4) is 5.75 Å². The van der Waals surface area contributed by atoms with Crippen LogP contribution in [0.1, 0.15) is 81.5 Å². The molecule has 0 aliphatic carbocycles. The molecule has 0 aromatic heterocycles. The Balaban J connectivity index is 2.15. The van der Waals surface area contributed by atoms with E-state index >= 15 is 0 Å². The minimum Gasteiger partial charge on any atom is -0.456 e. The average molecular weight is 397 g/mol. The third-order valence-corrected chi connectivity index (χ3v) is 5.52. The molecule has 0 N–H and O–H groups in total. The van der Waals surface area contributed by atoms with Crippen molar-refractivity contribution in [1.29, 1.82) is 0 Å². The minimum atomic E-state index is -2.86. The fraction of sp³-hybridized carbons (Fsp3) is 0.385. The lowest BCUT2D eigenvalue weighted by atomic mass is 9.85. The Morgan fingerprint density at radius 1 is 1.03 bits per heavy atom. The largest absolute Gasteiger partial charge is 0.456 e. The molecule has 1 atom stereocenters. The second-order valence-corrected chi connectivity index (χ2v) is 7.76. The van der Waals surface area contributed by atoms with Gasteiger partial charge >= 0.3 is 0 Å². The molecule has 3 rings (SSSR count). The van der Waals surface area contributed by atoms with Crippen LogP contribution in [0.15, 0.2) is 54.6 Å². The quantitative estimate of drug-likeness (QED) is 0.457. The lowest BCUT2D eigenvalue weighted by molar-refractivity contribution is 0.0173. The van der Waals surface area contributed by atoms with Crippen LogP contribution in [0.4, 0.5) is 8.78 Å². The van der Waals surface area contributed by atoms with Gasteiger partial charge in [0, 0.05) is 23.6 Å².